The SMILES string of the molecule is CC1CC(C)CN(CC(O)CO/N=C2/CC3CCC2(C)C3(C)C)C1. The molecule has 138 valence electrons. The van der Waals surface area contributed by atoms with Crippen LogP contribution < -0.4 is 0 Å². The van der Waals surface area contributed by atoms with Crippen LogP contribution in [0.5, 0.6) is 0 Å². The summed E-state index contributed by atoms with van der Waals surface area (Å²) in [5, 5.41) is 14.8. The molecule has 5 atom stereocenters. The van der Waals surface area contributed by atoms with Gasteiger partial charge in [-0.25, -0.2) is 0 Å². The first-order chi connectivity index (χ1) is 11.2. The third kappa shape index (κ3) is 3.24. The number of nitrogens with zero attached hydrogens (tertiary/aromatic N) is 2. The van der Waals surface area contributed by atoms with E-state index in [4.69, 9.17) is 4.84 Å². The second-order valence-corrected chi connectivity index (χ2v) is 9.65. The van der Waals surface area contributed by atoms with Crippen molar-refractivity contribution < 1.29 is 9.94 Å². The van der Waals surface area contributed by atoms with Crippen LogP contribution in [0.4, 0.5) is 0 Å². The molecule has 4 heteroatoms. The lowest BCUT2D eigenvalue weighted by molar-refractivity contribution is 0.00538. The van der Waals surface area contributed by atoms with Gasteiger partial charge >= 0.3 is 0 Å². The second-order valence-electron chi connectivity index (χ2n) is 9.65. The quantitative estimate of drug-likeness (QED) is 0.781. The Balaban J connectivity index is 1.48. The van der Waals surface area contributed by atoms with Gasteiger partial charge in [-0.15, -0.1) is 0 Å². The molecule has 1 heterocycles. The van der Waals surface area contributed by atoms with Gasteiger partial charge in [0.25, 0.3) is 0 Å². The highest BCUT2D eigenvalue weighted by molar-refractivity contribution is 5.93. The molecule has 24 heavy (non-hydrogen) atoms. The van der Waals surface area contributed by atoms with Gasteiger partial charge in [-0.1, -0.05) is 39.8 Å². The van der Waals surface area contributed by atoms with Crippen molar-refractivity contribution in [3.63, 3.8) is 0 Å². The summed E-state index contributed by atoms with van der Waals surface area (Å²) in [6.07, 6.45) is 4.45. The molecule has 2 aliphatic carbocycles. The molecule has 2 bridgehead atoms. The maximum atomic E-state index is 10.3. The summed E-state index contributed by atoms with van der Waals surface area (Å²) in [5.41, 5.74) is 1.73. The molecule has 1 saturated heterocycles. The van der Waals surface area contributed by atoms with Crippen LogP contribution in [0, 0.1) is 28.6 Å². The topological polar surface area (TPSA) is 45.1 Å². The summed E-state index contributed by atoms with van der Waals surface area (Å²) >= 11 is 0. The molecule has 3 rings (SSSR count). The van der Waals surface area contributed by atoms with Gasteiger partial charge in [0.05, 0.1) is 5.71 Å². The van der Waals surface area contributed by atoms with E-state index in [2.05, 4.69) is 44.7 Å². The Morgan fingerprint density at radius 3 is 2.46 bits per heavy atom. The largest absolute Gasteiger partial charge is 0.393 e. The van der Waals surface area contributed by atoms with Crippen LogP contribution in [-0.2, 0) is 4.84 Å². The Morgan fingerprint density at radius 1 is 1.25 bits per heavy atom. The van der Waals surface area contributed by atoms with E-state index in [-0.39, 0.29) is 5.41 Å². The molecule has 0 amide bonds. The number of β-amino-alcohol motifs (C(OH)–C–C–N with tert-alkyl or cyclic N) is 1. The molecular formula is C20H36N2O2. The minimum Gasteiger partial charge on any atom is -0.393 e. The minimum absolute atomic E-state index is 0.181. The average molecular weight is 337 g/mol. The van der Waals surface area contributed by atoms with Gasteiger partial charge in [0.15, 0.2) is 0 Å². The molecule has 0 aromatic rings. The van der Waals surface area contributed by atoms with E-state index in [9.17, 15) is 5.11 Å². The van der Waals surface area contributed by atoms with Gasteiger partial charge in [0.1, 0.15) is 12.7 Å². The van der Waals surface area contributed by atoms with Gasteiger partial charge < -0.3 is 14.8 Å². The predicted octanol–water partition coefficient (Wildman–Crippen LogP) is 3.54. The van der Waals surface area contributed by atoms with Crippen LogP contribution in [0.15, 0.2) is 5.16 Å². The zero-order valence-electron chi connectivity index (χ0n) is 16.2. The molecule has 4 nitrogen and oxygen atoms in total. The number of hydrogen-bond acceptors (Lipinski definition) is 4. The van der Waals surface area contributed by atoms with Gasteiger partial charge in [-0.2, -0.15) is 0 Å². The number of hydrogen-bond donors (Lipinski definition) is 1. The fourth-order valence-electron chi connectivity index (χ4n) is 5.56. The Labute approximate surface area is 147 Å². The zero-order chi connectivity index (χ0) is 17.5. The van der Waals surface area contributed by atoms with Crippen molar-refractivity contribution in [3.05, 3.63) is 0 Å². The van der Waals surface area contributed by atoms with E-state index in [1.807, 2.05) is 0 Å². The summed E-state index contributed by atoms with van der Waals surface area (Å²) in [6.45, 7) is 14.9. The highest BCUT2D eigenvalue weighted by atomic mass is 16.6. The molecule has 1 aliphatic heterocycles. The maximum Gasteiger partial charge on any atom is 0.144 e. The first kappa shape index (κ1) is 18.2. The van der Waals surface area contributed by atoms with Crippen molar-refractivity contribution in [2.24, 2.45) is 33.7 Å². The fraction of sp³-hybridized carbons (Fsp3) is 0.950. The highest BCUT2D eigenvalue weighted by Gasteiger charge is 2.60. The highest BCUT2D eigenvalue weighted by Crippen LogP contribution is 2.63. The molecule has 0 radical (unpaired) electrons. The van der Waals surface area contributed by atoms with Crippen LogP contribution in [0.1, 0.15) is 60.3 Å². The molecule has 3 aliphatic rings. The Bertz CT molecular complexity index is 480. The number of rotatable bonds is 5. The second kappa shape index (κ2) is 6.60. The van der Waals surface area contributed by atoms with Crippen molar-refractivity contribution in [3.8, 4) is 0 Å². The summed E-state index contributed by atoms with van der Waals surface area (Å²) in [7, 11) is 0. The first-order valence-electron chi connectivity index (χ1n) is 9.82. The van der Waals surface area contributed by atoms with Gasteiger partial charge in [0, 0.05) is 25.0 Å². The van der Waals surface area contributed by atoms with E-state index in [1.54, 1.807) is 0 Å². The van der Waals surface area contributed by atoms with Crippen LogP contribution in [0.25, 0.3) is 0 Å². The van der Waals surface area contributed by atoms with E-state index in [0.29, 0.717) is 18.6 Å². The summed E-state index contributed by atoms with van der Waals surface area (Å²) < 4.78 is 0. The number of aliphatic hydroxyl groups excluding tert-OH is 1. The lowest BCUT2D eigenvalue weighted by atomic mass is 9.70. The van der Waals surface area contributed by atoms with Crippen LogP contribution in [0.2, 0.25) is 0 Å². The first-order valence-corrected chi connectivity index (χ1v) is 9.82. The number of piperidine rings is 1. The molecule has 5 unspecified atom stereocenters. The molecule has 0 spiro atoms. The monoisotopic (exact) mass is 336 g/mol. The lowest BCUT2D eigenvalue weighted by Gasteiger charge is -2.36. The average Bonchev–Trinajstić information content (AvgIpc) is 2.79. The summed E-state index contributed by atoms with van der Waals surface area (Å²) in [6, 6.07) is 0. The normalized spacial score (nSPS) is 41.8. The number of fused-ring (bicyclic) bond motifs is 2. The molecule has 0 aromatic heterocycles. The standard InChI is InChI=1S/C20H36N2O2/c1-14-8-15(2)11-22(10-14)12-17(23)13-24-21-18-9-16-6-7-20(18,5)19(16,3)4/h14-17,23H,6-13H2,1-5H3/b21-18-. The predicted molar refractivity (Wildman–Crippen MR) is 98.0 cm³/mol. The van der Waals surface area contributed by atoms with Crippen LogP contribution >= 0.6 is 0 Å². The van der Waals surface area contributed by atoms with Gasteiger partial charge in [0.2, 0.25) is 0 Å². The number of oxime groups is 1. The molecule has 0 aromatic carbocycles. The van der Waals surface area contributed by atoms with E-state index in [0.717, 1.165) is 37.3 Å². The van der Waals surface area contributed by atoms with Crippen molar-refractivity contribution in [2.45, 2.75) is 66.4 Å². The molecule has 1 N–H and O–H groups in total. The summed E-state index contributed by atoms with van der Waals surface area (Å²) in [4.78, 5) is 7.97. The Kier molecular flexibility index (Phi) is 5.00. The van der Waals surface area contributed by atoms with Crippen molar-refractivity contribution in [2.75, 3.05) is 26.2 Å². The minimum atomic E-state index is -0.453. The van der Waals surface area contributed by atoms with E-state index < -0.39 is 6.10 Å². The Hall–Kier alpha value is -0.610. The zero-order valence-corrected chi connectivity index (χ0v) is 16.2. The number of aliphatic hydroxyl groups is 1. The van der Waals surface area contributed by atoms with E-state index in [1.165, 1.54) is 25.0 Å². The maximum absolute atomic E-state index is 10.3. The van der Waals surface area contributed by atoms with Gasteiger partial charge in [-0.3, -0.25) is 0 Å². The molecule has 2 saturated carbocycles. The lowest BCUT2D eigenvalue weighted by Crippen LogP contribution is -2.43. The molecule has 3 fully saturated rings. The van der Waals surface area contributed by atoms with Gasteiger partial charge in [-0.05, 0) is 48.9 Å². The van der Waals surface area contributed by atoms with E-state index >= 15 is 0 Å². The molecular weight excluding hydrogens is 300 g/mol. The van der Waals surface area contributed by atoms with Crippen LogP contribution in [0.3, 0.4) is 0 Å². The smallest absolute Gasteiger partial charge is 0.144 e. The third-order valence-electron chi connectivity index (χ3n) is 7.37. The number of likely N-dealkylation sites (tertiary alicyclic amines) is 1. The van der Waals surface area contributed by atoms with Crippen molar-refractivity contribution in [1.29, 1.82) is 0 Å². The summed E-state index contributed by atoms with van der Waals surface area (Å²) in [5.74, 6) is 2.18. The van der Waals surface area contributed by atoms with Crippen molar-refractivity contribution in [1.82, 2.24) is 4.90 Å². The fourth-order valence-corrected chi connectivity index (χ4v) is 5.56. The van der Waals surface area contributed by atoms with Crippen molar-refractivity contribution >= 4 is 5.71 Å². The Morgan fingerprint density at radius 2 is 1.92 bits per heavy atom. The third-order valence-corrected chi connectivity index (χ3v) is 7.37. The van der Waals surface area contributed by atoms with Crippen LogP contribution in [-0.4, -0.2) is 48.1 Å².